The second-order valence-corrected chi connectivity index (χ2v) is 6.38. The first-order valence-electron chi connectivity index (χ1n) is 5.74. The molecule has 96 valence electrons. The van der Waals surface area contributed by atoms with Gasteiger partial charge in [-0.2, -0.15) is 0 Å². The molecule has 1 aromatic heterocycles. The molecular formula is C14H11FN2S2. The molecule has 3 aromatic rings. The van der Waals surface area contributed by atoms with E-state index < -0.39 is 0 Å². The third kappa shape index (κ3) is 2.88. The Labute approximate surface area is 118 Å². The highest BCUT2D eigenvalue weighted by Gasteiger charge is 2.05. The van der Waals surface area contributed by atoms with Crippen LogP contribution in [-0.2, 0) is 5.75 Å². The third-order valence-electron chi connectivity index (χ3n) is 2.64. The highest BCUT2D eigenvalue weighted by atomic mass is 32.2. The van der Waals surface area contributed by atoms with Crippen LogP contribution in [0.1, 0.15) is 5.56 Å². The van der Waals surface area contributed by atoms with Crippen LogP contribution in [0.2, 0.25) is 0 Å². The van der Waals surface area contributed by atoms with Crippen molar-refractivity contribution in [3.63, 3.8) is 0 Å². The van der Waals surface area contributed by atoms with Crippen molar-refractivity contribution in [1.29, 1.82) is 0 Å². The molecule has 1 heterocycles. The quantitative estimate of drug-likeness (QED) is 0.577. The molecular weight excluding hydrogens is 279 g/mol. The zero-order chi connectivity index (χ0) is 13.2. The lowest BCUT2D eigenvalue weighted by Gasteiger charge is -1.98. The molecule has 0 aliphatic rings. The molecule has 5 heteroatoms. The largest absolute Gasteiger partial charge is 0.399 e. The number of fused-ring (bicyclic) bond motifs is 1. The highest BCUT2D eigenvalue weighted by molar-refractivity contribution is 8.00. The summed E-state index contributed by atoms with van der Waals surface area (Å²) in [6.07, 6.45) is 0. The summed E-state index contributed by atoms with van der Waals surface area (Å²) in [6.45, 7) is 0. The number of thiazole rings is 1. The Morgan fingerprint density at radius 3 is 2.95 bits per heavy atom. The molecule has 0 unspecified atom stereocenters. The van der Waals surface area contributed by atoms with Crippen molar-refractivity contribution in [3.8, 4) is 0 Å². The second-order valence-electron chi connectivity index (χ2n) is 4.13. The SMILES string of the molecule is Nc1ccc2nc(SCc3cccc(F)c3)sc2c1. The van der Waals surface area contributed by atoms with Crippen molar-refractivity contribution < 1.29 is 4.39 Å². The van der Waals surface area contributed by atoms with E-state index in [-0.39, 0.29) is 5.82 Å². The van der Waals surface area contributed by atoms with Crippen LogP contribution in [0.3, 0.4) is 0 Å². The maximum Gasteiger partial charge on any atom is 0.151 e. The van der Waals surface area contributed by atoms with Crippen LogP contribution < -0.4 is 5.73 Å². The summed E-state index contributed by atoms with van der Waals surface area (Å²) in [5.74, 6) is 0.516. The normalized spacial score (nSPS) is 11.0. The summed E-state index contributed by atoms with van der Waals surface area (Å²) in [5.41, 5.74) is 8.41. The van der Waals surface area contributed by atoms with E-state index >= 15 is 0 Å². The van der Waals surface area contributed by atoms with Gasteiger partial charge in [0.15, 0.2) is 4.34 Å². The summed E-state index contributed by atoms with van der Waals surface area (Å²) in [5, 5.41) is 0. The number of nitrogens with two attached hydrogens (primary N) is 1. The van der Waals surface area contributed by atoms with Gasteiger partial charge in [0.1, 0.15) is 5.82 Å². The molecule has 3 rings (SSSR count). The van der Waals surface area contributed by atoms with Gasteiger partial charge in [0.25, 0.3) is 0 Å². The zero-order valence-corrected chi connectivity index (χ0v) is 11.6. The average Bonchev–Trinajstić information content (AvgIpc) is 2.78. The monoisotopic (exact) mass is 290 g/mol. The van der Waals surface area contributed by atoms with Crippen LogP contribution in [-0.4, -0.2) is 4.98 Å². The first-order valence-corrected chi connectivity index (χ1v) is 7.54. The van der Waals surface area contributed by atoms with Crippen LogP contribution in [0.25, 0.3) is 10.2 Å². The van der Waals surface area contributed by atoms with Gasteiger partial charge in [-0.25, -0.2) is 9.37 Å². The first-order chi connectivity index (χ1) is 9.20. The van der Waals surface area contributed by atoms with Gasteiger partial charge in [0.2, 0.25) is 0 Å². The number of hydrogen-bond acceptors (Lipinski definition) is 4. The molecule has 2 aromatic carbocycles. The Hall–Kier alpha value is -1.59. The van der Waals surface area contributed by atoms with Gasteiger partial charge in [-0.3, -0.25) is 0 Å². The van der Waals surface area contributed by atoms with Gasteiger partial charge in [0, 0.05) is 11.4 Å². The number of halogens is 1. The number of nitrogen functional groups attached to an aromatic ring is 1. The summed E-state index contributed by atoms with van der Waals surface area (Å²) in [7, 11) is 0. The number of rotatable bonds is 3. The van der Waals surface area contributed by atoms with Crippen LogP contribution in [0.5, 0.6) is 0 Å². The molecule has 0 saturated carbocycles. The summed E-state index contributed by atoms with van der Waals surface area (Å²) >= 11 is 3.23. The standard InChI is InChI=1S/C14H11FN2S2/c15-10-3-1-2-9(6-10)8-18-14-17-12-5-4-11(16)7-13(12)19-14/h1-7H,8,16H2. The van der Waals surface area contributed by atoms with E-state index in [1.54, 1.807) is 35.2 Å². The van der Waals surface area contributed by atoms with E-state index in [1.165, 1.54) is 6.07 Å². The fourth-order valence-electron chi connectivity index (χ4n) is 1.75. The first kappa shape index (κ1) is 12.4. The number of thioether (sulfide) groups is 1. The number of benzene rings is 2. The topological polar surface area (TPSA) is 38.9 Å². The van der Waals surface area contributed by atoms with Crippen molar-refractivity contribution in [2.45, 2.75) is 10.1 Å². The van der Waals surface area contributed by atoms with Gasteiger partial charge in [-0.15, -0.1) is 11.3 Å². The molecule has 0 fully saturated rings. The number of hydrogen-bond donors (Lipinski definition) is 1. The van der Waals surface area contributed by atoms with E-state index in [4.69, 9.17) is 5.73 Å². The lowest BCUT2D eigenvalue weighted by Crippen LogP contribution is -1.82. The molecule has 0 aliphatic heterocycles. The Morgan fingerprint density at radius 1 is 1.21 bits per heavy atom. The van der Waals surface area contributed by atoms with Gasteiger partial charge >= 0.3 is 0 Å². The van der Waals surface area contributed by atoms with E-state index in [0.717, 1.165) is 25.8 Å². The van der Waals surface area contributed by atoms with E-state index in [1.807, 2.05) is 24.3 Å². The number of anilines is 1. The average molecular weight is 290 g/mol. The Balaban J connectivity index is 1.78. The molecule has 0 radical (unpaired) electrons. The fourth-order valence-corrected chi connectivity index (χ4v) is 3.81. The van der Waals surface area contributed by atoms with E-state index in [0.29, 0.717) is 5.75 Å². The molecule has 19 heavy (non-hydrogen) atoms. The molecule has 0 bridgehead atoms. The minimum atomic E-state index is -0.199. The Bertz CT molecular complexity index is 724. The maximum atomic E-state index is 13.1. The van der Waals surface area contributed by atoms with Gasteiger partial charge in [-0.1, -0.05) is 23.9 Å². The van der Waals surface area contributed by atoms with Crippen LogP contribution in [0.4, 0.5) is 10.1 Å². The van der Waals surface area contributed by atoms with Gasteiger partial charge < -0.3 is 5.73 Å². The maximum absolute atomic E-state index is 13.1. The molecule has 2 N–H and O–H groups in total. The summed E-state index contributed by atoms with van der Waals surface area (Å²) < 4.78 is 15.1. The predicted molar refractivity (Wildman–Crippen MR) is 80.0 cm³/mol. The van der Waals surface area contributed by atoms with E-state index in [2.05, 4.69) is 4.98 Å². The lowest BCUT2D eigenvalue weighted by atomic mass is 10.2. The minimum absolute atomic E-state index is 0.199. The van der Waals surface area contributed by atoms with Crippen LogP contribution in [0.15, 0.2) is 46.8 Å². The summed E-state index contributed by atoms with van der Waals surface area (Å²) in [6, 6.07) is 12.4. The molecule has 2 nitrogen and oxygen atoms in total. The Morgan fingerprint density at radius 2 is 2.11 bits per heavy atom. The van der Waals surface area contributed by atoms with Crippen molar-refractivity contribution in [2.24, 2.45) is 0 Å². The fraction of sp³-hybridized carbons (Fsp3) is 0.0714. The molecule has 0 spiro atoms. The zero-order valence-electron chi connectivity index (χ0n) is 9.97. The van der Waals surface area contributed by atoms with Gasteiger partial charge in [-0.05, 0) is 35.9 Å². The van der Waals surface area contributed by atoms with Crippen LogP contribution in [0, 0.1) is 5.82 Å². The molecule has 0 aliphatic carbocycles. The molecule has 0 atom stereocenters. The second kappa shape index (κ2) is 5.19. The third-order valence-corrected chi connectivity index (χ3v) is 4.88. The van der Waals surface area contributed by atoms with Crippen LogP contribution >= 0.6 is 23.1 Å². The molecule has 0 amide bonds. The van der Waals surface area contributed by atoms with E-state index in [9.17, 15) is 4.39 Å². The Kier molecular flexibility index (Phi) is 3.40. The van der Waals surface area contributed by atoms with Gasteiger partial charge in [0.05, 0.1) is 10.2 Å². The number of nitrogens with zero attached hydrogens (tertiary/aromatic N) is 1. The predicted octanol–water partition coefficient (Wildman–Crippen LogP) is 4.31. The van der Waals surface area contributed by atoms with Crippen molar-refractivity contribution in [3.05, 3.63) is 53.8 Å². The van der Waals surface area contributed by atoms with Crippen molar-refractivity contribution in [1.82, 2.24) is 4.98 Å². The summed E-state index contributed by atoms with van der Waals surface area (Å²) in [4.78, 5) is 4.52. The van der Waals surface area contributed by atoms with Crippen molar-refractivity contribution >= 4 is 39.0 Å². The lowest BCUT2D eigenvalue weighted by molar-refractivity contribution is 0.626. The smallest absolute Gasteiger partial charge is 0.151 e. The molecule has 0 saturated heterocycles. The number of aromatic nitrogens is 1. The minimum Gasteiger partial charge on any atom is -0.399 e. The highest BCUT2D eigenvalue weighted by Crippen LogP contribution is 2.32. The van der Waals surface area contributed by atoms with Crippen molar-refractivity contribution in [2.75, 3.05) is 5.73 Å².